The summed E-state index contributed by atoms with van der Waals surface area (Å²) in [6.07, 6.45) is 4.26. The average Bonchev–Trinajstić information content (AvgIpc) is 3.32. The van der Waals surface area contributed by atoms with Gasteiger partial charge in [0.2, 0.25) is 0 Å². The first kappa shape index (κ1) is 19.0. The number of benzene rings is 2. The van der Waals surface area contributed by atoms with Gasteiger partial charge in [0.05, 0.1) is 6.04 Å². The summed E-state index contributed by atoms with van der Waals surface area (Å²) < 4.78 is 5.72. The summed E-state index contributed by atoms with van der Waals surface area (Å²) >= 11 is 0. The number of carbonyl (C=O) groups excluding carboxylic acids is 1. The summed E-state index contributed by atoms with van der Waals surface area (Å²) in [7, 11) is 0. The van der Waals surface area contributed by atoms with Gasteiger partial charge in [0.25, 0.3) is 0 Å². The van der Waals surface area contributed by atoms with Crippen molar-refractivity contribution in [1.82, 2.24) is 10.2 Å². The molecule has 1 N–H and O–H groups in total. The predicted octanol–water partition coefficient (Wildman–Crippen LogP) is 4.74. The Labute approximate surface area is 167 Å². The summed E-state index contributed by atoms with van der Waals surface area (Å²) in [5, 5.41) is 3.78. The molecule has 0 bridgehead atoms. The zero-order valence-electron chi connectivity index (χ0n) is 16.6. The molecule has 1 aliphatic heterocycles. The van der Waals surface area contributed by atoms with E-state index in [1.54, 1.807) is 0 Å². The van der Waals surface area contributed by atoms with Gasteiger partial charge in [-0.05, 0) is 36.3 Å². The predicted molar refractivity (Wildman–Crippen MR) is 111 cm³/mol. The van der Waals surface area contributed by atoms with Crippen molar-refractivity contribution in [2.24, 2.45) is 5.92 Å². The van der Waals surface area contributed by atoms with E-state index in [0.717, 1.165) is 24.9 Å². The highest BCUT2D eigenvalue weighted by molar-refractivity contribution is 5.69. The topological polar surface area (TPSA) is 41.6 Å². The van der Waals surface area contributed by atoms with Gasteiger partial charge in [0.15, 0.2) is 0 Å². The second-order valence-corrected chi connectivity index (χ2v) is 7.98. The number of likely N-dealkylation sites (tertiary alicyclic amines) is 1. The molecule has 4 heteroatoms. The van der Waals surface area contributed by atoms with E-state index in [-0.39, 0.29) is 12.1 Å². The number of hydrogen-bond donors (Lipinski definition) is 1. The minimum atomic E-state index is -0.156. The Morgan fingerprint density at radius 3 is 2.39 bits per heavy atom. The maximum atomic E-state index is 13.0. The first-order chi connectivity index (χ1) is 13.8. The highest BCUT2D eigenvalue weighted by atomic mass is 16.6. The van der Waals surface area contributed by atoms with Crippen LogP contribution in [0.5, 0.6) is 0 Å². The first-order valence-corrected chi connectivity index (χ1v) is 10.5. The lowest BCUT2D eigenvalue weighted by atomic mass is 9.94. The Morgan fingerprint density at radius 2 is 1.71 bits per heavy atom. The van der Waals surface area contributed by atoms with Crippen LogP contribution in [0.1, 0.15) is 43.7 Å². The van der Waals surface area contributed by atoms with Gasteiger partial charge in [0.1, 0.15) is 6.61 Å². The molecule has 0 radical (unpaired) electrons. The third-order valence-corrected chi connectivity index (χ3v) is 6.34. The molecule has 4 atom stereocenters. The fourth-order valence-corrected chi connectivity index (χ4v) is 5.07. The standard InChI is InChI=1S/C24H30N2O2/c1-2-21-23(25-16-18-10-5-3-6-11-18)20-14-9-15-22(20)26(21)24(27)28-17-19-12-7-4-8-13-19/h3-8,10-13,20-23,25H,2,9,14-17H2,1H3/t20-,21-,22+,23-/m0/s1. The van der Waals surface area contributed by atoms with E-state index in [1.165, 1.54) is 18.4 Å². The lowest BCUT2D eigenvalue weighted by molar-refractivity contribution is 0.0746. The maximum Gasteiger partial charge on any atom is 0.410 e. The van der Waals surface area contributed by atoms with Gasteiger partial charge in [-0.2, -0.15) is 0 Å². The molecule has 2 aromatic rings. The van der Waals surface area contributed by atoms with Crippen LogP contribution in [-0.4, -0.2) is 29.1 Å². The number of carbonyl (C=O) groups is 1. The largest absolute Gasteiger partial charge is 0.445 e. The number of rotatable bonds is 6. The quantitative estimate of drug-likeness (QED) is 0.789. The normalized spacial score (nSPS) is 26.2. The van der Waals surface area contributed by atoms with Crippen molar-refractivity contribution in [3.05, 3.63) is 71.8 Å². The third-order valence-electron chi connectivity index (χ3n) is 6.34. The number of nitrogens with zero attached hydrogens (tertiary/aromatic N) is 1. The summed E-state index contributed by atoms with van der Waals surface area (Å²) in [5.41, 5.74) is 2.32. The SMILES string of the molecule is CC[C@H]1[C@@H](NCc2ccccc2)[C@H]2CCC[C@H]2N1C(=O)OCc1ccccc1. The van der Waals surface area contributed by atoms with E-state index in [0.29, 0.717) is 24.6 Å². The van der Waals surface area contributed by atoms with Crippen molar-refractivity contribution in [2.75, 3.05) is 0 Å². The van der Waals surface area contributed by atoms with Gasteiger partial charge in [0, 0.05) is 18.6 Å². The van der Waals surface area contributed by atoms with Crippen LogP contribution in [0.3, 0.4) is 0 Å². The highest BCUT2D eigenvalue weighted by Crippen LogP contribution is 2.43. The minimum absolute atomic E-state index is 0.156. The van der Waals surface area contributed by atoms with Crippen LogP contribution >= 0.6 is 0 Å². The van der Waals surface area contributed by atoms with Crippen molar-refractivity contribution < 1.29 is 9.53 Å². The van der Waals surface area contributed by atoms with Crippen LogP contribution in [0.15, 0.2) is 60.7 Å². The molecule has 2 fully saturated rings. The molecule has 148 valence electrons. The monoisotopic (exact) mass is 378 g/mol. The third kappa shape index (κ3) is 3.93. The Kier molecular flexibility index (Phi) is 5.96. The van der Waals surface area contributed by atoms with Crippen molar-refractivity contribution in [1.29, 1.82) is 0 Å². The van der Waals surface area contributed by atoms with Crippen molar-refractivity contribution in [3.63, 3.8) is 0 Å². The van der Waals surface area contributed by atoms with Gasteiger partial charge in [-0.3, -0.25) is 0 Å². The number of ether oxygens (including phenoxy) is 1. The number of nitrogens with one attached hydrogen (secondary N) is 1. The minimum Gasteiger partial charge on any atom is -0.445 e. The fraction of sp³-hybridized carbons (Fsp3) is 0.458. The first-order valence-electron chi connectivity index (χ1n) is 10.5. The molecule has 0 aromatic heterocycles. The van der Waals surface area contributed by atoms with E-state index in [4.69, 9.17) is 4.74 Å². The summed E-state index contributed by atoms with van der Waals surface area (Å²) in [5.74, 6) is 0.526. The van der Waals surface area contributed by atoms with E-state index in [1.807, 2.05) is 36.4 Å². The lowest BCUT2D eigenvalue weighted by Gasteiger charge is -2.30. The zero-order valence-corrected chi connectivity index (χ0v) is 16.6. The molecule has 28 heavy (non-hydrogen) atoms. The number of hydrogen-bond acceptors (Lipinski definition) is 3. The Bertz CT molecular complexity index is 765. The zero-order chi connectivity index (χ0) is 19.3. The van der Waals surface area contributed by atoms with Crippen LogP contribution < -0.4 is 5.32 Å². The van der Waals surface area contributed by atoms with Crippen LogP contribution in [0, 0.1) is 5.92 Å². The van der Waals surface area contributed by atoms with Gasteiger partial charge in [-0.25, -0.2) is 4.79 Å². The summed E-state index contributed by atoms with van der Waals surface area (Å²) in [4.78, 5) is 15.1. The molecule has 2 aromatic carbocycles. The molecular formula is C24H30N2O2. The number of fused-ring (bicyclic) bond motifs is 1. The van der Waals surface area contributed by atoms with E-state index in [9.17, 15) is 4.79 Å². The van der Waals surface area contributed by atoms with Crippen LogP contribution in [0.25, 0.3) is 0 Å². The lowest BCUT2D eigenvalue weighted by Crippen LogP contribution is -2.46. The van der Waals surface area contributed by atoms with Crippen molar-refractivity contribution in [2.45, 2.75) is 63.9 Å². The molecule has 1 heterocycles. The molecule has 2 aliphatic rings. The van der Waals surface area contributed by atoms with E-state index < -0.39 is 0 Å². The van der Waals surface area contributed by atoms with Crippen LogP contribution in [0.4, 0.5) is 4.79 Å². The van der Waals surface area contributed by atoms with Gasteiger partial charge < -0.3 is 15.0 Å². The molecule has 4 nitrogen and oxygen atoms in total. The molecule has 1 saturated carbocycles. The van der Waals surface area contributed by atoms with Crippen LogP contribution in [-0.2, 0) is 17.9 Å². The molecule has 1 saturated heterocycles. The van der Waals surface area contributed by atoms with Gasteiger partial charge >= 0.3 is 6.09 Å². The summed E-state index contributed by atoms with van der Waals surface area (Å²) in [6, 6.07) is 21.3. The van der Waals surface area contributed by atoms with Gasteiger partial charge in [-0.1, -0.05) is 74.0 Å². The molecule has 0 unspecified atom stereocenters. The smallest absolute Gasteiger partial charge is 0.410 e. The second kappa shape index (κ2) is 8.78. The molecule has 1 aliphatic carbocycles. The van der Waals surface area contributed by atoms with E-state index >= 15 is 0 Å². The maximum absolute atomic E-state index is 13.0. The van der Waals surface area contributed by atoms with Crippen LogP contribution in [0.2, 0.25) is 0 Å². The van der Waals surface area contributed by atoms with Gasteiger partial charge in [-0.15, -0.1) is 0 Å². The number of amides is 1. The fourth-order valence-electron chi connectivity index (χ4n) is 5.07. The van der Waals surface area contributed by atoms with Crippen molar-refractivity contribution in [3.8, 4) is 0 Å². The molecule has 4 rings (SSSR count). The second-order valence-electron chi connectivity index (χ2n) is 7.98. The highest BCUT2D eigenvalue weighted by Gasteiger charge is 2.52. The Balaban J connectivity index is 1.44. The average molecular weight is 379 g/mol. The molecular weight excluding hydrogens is 348 g/mol. The Hall–Kier alpha value is -2.33. The Morgan fingerprint density at radius 1 is 1.04 bits per heavy atom. The molecule has 1 amide bonds. The van der Waals surface area contributed by atoms with E-state index in [2.05, 4.69) is 41.4 Å². The molecule has 0 spiro atoms. The van der Waals surface area contributed by atoms with Crippen molar-refractivity contribution >= 4 is 6.09 Å². The summed E-state index contributed by atoms with van der Waals surface area (Å²) in [6.45, 7) is 3.37.